The maximum Gasteiger partial charge on any atom is 0.245 e. The molecule has 9 atom stereocenters. The number of methoxy groups -OCH3 is 2. The molecule has 0 unspecified atom stereocenters. The van der Waals surface area contributed by atoms with E-state index in [0.29, 0.717) is 25.8 Å². The molecule has 0 aliphatic carbocycles. The van der Waals surface area contributed by atoms with Gasteiger partial charge in [-0.1, -0.05) is 71.4 Å². The lowest BCUT2D eigenvalue weighted by Gasteiger charge is -2.41. The smallest absolute Gasteiger partial charge is 0.245 e. The second-order valence-corrected chi connectivity index (χ2v) is 14.6. The van der Waals surface area contributed by atoms with Crippen molar-refractivity contribution in [1.29, 1.82) is 0 Å². The lowest BCUT2D eigenvalue weighted by molar-refractivity contribution is -0.148. The summed E-state index contributed by atoms with van der Waals surface area (Å²) in [6, 6.07) is 6.69. The van der Waals surface area contributed by atoms with Gasteiger partial charge in [0.2, 0.25) is 23.6 Å². The second kappa shape index (κ2) is 21.4. The quantitative estimate of drug-likeness (QED) is 0.148. The van der Waals surface area contributed by atoms with Gasteiger partial charge >= 0.3 is 0 Å². The largest absolute Gasteiger partial charge is 0.394 e. The summed E-state index contributed by atoms with van der Waals surface area (Å²) in [7, 11) is 8.14. The summed E-state index contributed by atoms with van der Waals surface area (Å²) in [6.45, 7) is 9.41. The van der Waals surface area contributed by atoms with Gasteiger partial charge in [-0.2, -0.15) is 0 Å². The van der Waals surface area contributed by atoms with Gasteiger partial charge in [0.25, 0.3) is 0 Å². The molecule has 4 amide bonds. The molecule has 1 aliphatic rings. The maximum absolute atomic E-state index is 14.1. The molecular formula is C38H65N5O8. The summed E-state index contributed by atoms with van der Waals surface area (Å²) in [6.07, 6.45) is 1.39. The molecule has 290 valence electrons. The second-order valence-electron chi connectivity index (χ2n) is 14.6. The van der Waals surface area contributed by atoms with Gasteiger partial charge in [0, 0.05) is 27.8 Å². The number of likely N-dealkylation sites (N-methyl/N-ethyl adjacent to an activating group) is 2. The number of hydrogen-bond donors (Lipinski definition) is 4. The molecule has 0 aromatic heterocycles. The van der Waals surface area contributed by atoms with Gasteiger partial charge in [0.05, 0.1) is 55.9 Å². The maximum atomic E-state index is 14.1. The van der Waals surface area contributed by atoms with Crippen molar-refractivity contribution in [1.82, 2.24) is 25.3 Å². The van der Waals surface area contributed by atoms with Crippen molar-refractivity contribution in [2.45, 2.75) is 109 Å². The summed E-state index contributed by atoms with van der Waals surface area (Å²) in [4.78, 5) is 59.6. The van der Waals surface area contributed by atoms with Gasteiger partial charge in [-0.3, -0.25) is 24.1 Å². The van der Waals surface area contributed by atoms with Crippen molar-refractivity contribution < 1.29 is 38.9 Å². The molecule has 1 saturated heterocycles. The lowest BCUT2D eigenvalue weighted by Crippen LogP contribution is -2.59. The normalized spacial score (nSPS) is 19.5. The Labute approximate surface area is 305 Å². The van der Waals surface area contributed by atoms with Crippen molar-refractivity contribution in [3.05, 3.63) is 35.9 Å². The van der Waals surface area contributed by atoms with Crippen LogP contribution in [0.25, 0.3) is 0 Å². The minimum absolute atomic E-state index is 0.00617. The Morgan fingerprint density at radius 1 is 0.941 bits per heavy atom. The highest BCUT2D eigenvalue weighted by Gasteiger charge is 2.43. The lowest BCUT2D eigenvalue weighted by atomic mass is 9.89. The molecule has 1 aromatic rings. The number of hydrogen-bond acceptors (Lipinski definition) is 9. The summed E-state index contributed by atoms with van der Waals surface area (Å²) in [5, 5.41) is 25.6. The van der Waals surface area contributed by atoms with Crippen LogP contribution in [0.3, 0.4) is 0 Å². The fraction of sp³-hybridized carbons (Fsp3) is 0.737. The van der Waals surface area contributed by atoms with E-state index in [2.05, 4.69) is 10.6 Å². The van der Waals surface area contributed by atoms with E-state index >= 15 is 0 Å². The standard InChI is InChI=1S/C38H65N5O8/c1-11-25(4)34(42(8)38(49)33(24(2)3)40-37(48)30(23-45)41(6)7)31(50-9)21-32(46)43-19-15-18-29(43)35(51-10)26(5)36(47)39-28(22-44)20-27-16-13-12-14-17-27/h12-14,16-17,24-26,28-31,33-35,44-45H,11,15,18-23H2,1-10H3,(H,39,47)(H,40,48)/t25-,26+,28-,29-,30-,31+,33-,34-,35+/m0/s1. The molecule has 0 radical (unpaired) electrons. The molecule has 2 rings (SSSR count). The number of carbonyl (C=O) groups excluding carboxylic acids is 4. The SMILES string of the molecule is CC[C@H](C)[C@@H]([C@@H](CC(=O)N1CCC[C@H]1[C@H](OC)[C@@H](C)C(=O)N[C@H](CO)Cc1ccccc1)OC)N(C)C(=O)[C@@H](NC(=O)[C@H](CO)N(C)C)C(C)C. The van der Waals surface area contributed by atoms with E-state index in [1.54, 1.807) is 49.9 Å². The van der Waals surface area contributed by atoms with E-state index in [-0.39, 0.29) is 55.2 Å². The highest BCUT2D eigenvalue weighted by Crippen LogP contribution is 2.29. The predicted octanol–water partition coefficient (Wildman–Crippen LogP) is 1.69. The van der Waals surface area contributed by atoms with Crippen LogP contribution >= 0.6 is 0 Å². The van der Waals surface area contributed by atoms with Gasteiger partial charge in [0.1, 0.15) is 12.1 Å². The van der Waals surface area contributed by atoms with Crippen molar-refractivity contribution in [3.8, 4) is 0 Å². The predicted molar refractivity (Wildman–Crippen MR) is 197 cm³/mol. The van der Waals surface area contributed by atoms with E-state index in [4.69, 9.17) is 9.47 Å². The monoisotopic (exact) mass is 719 g/mol. The Bertz CT molecular complexity index is 1230. The van der Waals surface area contributed by atoms with E-state index in [0.717, 1.165) is 12.0 Å². The summed E-state index contributed by atoms with van der Waals surface area (Å²) < 4.78 is 11.9. The molecule has 1 aliphatic heterocycles. The van der Waals surface area contributed by atoms with E-state index in [9.17, 15) is 29.4 Å². The van der Waals surface area contributed by atoms with Gasteiger partial charge in [-0.05, 0) is 50.8 Å². The Morgan fingerprint density at radius 3 is 2.10 bits per heavy atom. The first-order valence-corrected chi connectivity index (χ1v) is 18.3. The summed E-state index contributed by atoms with van der Waals surface area (Å²) >= 11 is 0. The van der Waals surface area contributed by atoms with Crippen LogP contribution in [0.2, 0.25) is 0 Å². The average Bonchev–Trinajstić information content (AvgIpc) is 3.59. The molecule has 13 heteroatoms. The van der Waals surface area contributed by atoms with Crippen molar-refractivity contribution in [2.24, 2.45) is 17.8 Å². The number of nitrogens with zero attached hydrogens (tertiary/aromatic N) is 3. The first-order chi connectivity index (χ1) is 24.2. The van der Waals surface area contributed by atoms with Gasteiger partial charge in [0.15, 0.2) is 0 Å². The third kappa shape index (κ3) is 12.0. The number of aliphatic hydroxyl groups excluding tert-OH is 2. The zero-order valence-electron chi connectivity index (χ0n) is 32.5. The highest BCUT2D eigenvalue weighted by atomic mass is 16.5. The Balaban J connectivity index is 2.24. The first-order valence-electron chi connectivity index (χ1n) is 18.3. The number of ether oxygens (including phenoxy) is 2. The Kier molecular flexibility index (Phi) is 18.5. The van der Waals surface area contributed by atoms with Crippen LogP contribution in [-0.4, -0.2) is 146 Å². The van der Waals surface area contributed by atoms with Gasteiger partial charge in [-0.25, -0.2) is 0 Å². The minimum Gasteiger partial charge on any atom is -0.394 e. The number of amides is 4. The fourth-order valence-electron chi connectivity index (χ4n) is 7.16. The van der Waals surface area contributed by atoms with Crippen LogP contribution in [0.1, 0.15) is 65.9 Å². The highest BCUT2D eigenvalue weighted by molar-refractivity contribution is 5.90. The zero-order valence-corrected chi connectivity index (χ0v) is 32.5. The van der Waals surface area contributed by atoms with Crippen molar-refractivity contribution in [3.63, 3.8) is 0 Å². The summed E-state index contributed by atoms with van der Waals surface area (Å²) in [5.41, 5.74) is 1.00. The molecule has 0 spiro atoms. The van der Waals surface area contributed by atoms with Crippen LogP contribution in [0, 0.1) is 17.8 Å². The van der Waals surface area contributed by atoms with Crippen LogP contribution in [-0.2, 0) is 35.1 Å². The van der Waals surface area contributed by atoms with Crippen LogP contribution in [0.5, 0.6) is 0 Å². The molecule has 0 saturated carbocycles. The van der Waals surface area contributed by atoms with E-state index in [1.807, 2.05) is 58.0 Å². The van der Waals surface area contributed by atoms with E-state index < -0.39 is 48.2 Å². The number of benzene rings is 1. The number of carbonyl (C=O) groups is 4. The minimum atomic E-state index is -0.854. The molecule has 0 bridgehead atoms. The molecule has 1 aromatic carbocycles. The molecule has 51 heavy (non-hydrogen) atoms. The fourth-order valence-corrected chi connectivity index (χ4v) is 7.16. The average molecular weight is 720 g/mol. The summed E-state index contributed by atoms with van der Waals surface area (Å²) in [5.74, 6) is -2.06. The first kappa shape index (κ1) is 44.1. The van der Waals surface area contributed by atoms with Crippen LogP contribution in [0.15, 0.2) is 30.3 Å². The van der Waals surface area contributed by atoms with Gasteiger partial charge < -0.3 is 40.1 Å². The number of rotatable bonds is 21. The molecule has 1 heterocycles. The Morgan fingerprint density at radius 2 is 1.59 bits per heavy atom. The third-order valence-electron chi connectivity index (χ3n) is 10.5. The zero-order chi connectivity index (χ0) is 38.4. The topological polar surface area (TPSA) is 161 Å². The van der Waals surface area contributed by atoms with E-state index in [1.165, 1.54) is 7.11 Å². The molecule has 1 fully saturated rings. The van der Waals surface area contributed by atoms with Crippen LogP contribution in [0.4, 0.5) is 0 Å². The van der Waals surface area contributed by atoms with Crippen molar-refractivity contribution in [2.75, 3.05) is 55.1 Å². The third-order valence-corrected chi connectivity index (χ3v) is 10.5. The Hall–Kier alpha value is -3.10. The number of aliphatic hydroxyl groups is 2. The molecular weight excluding hydrogens is 654 g/mol. The van der Waals surface area contributed by atoms with Crippen LogP contribution < -0.4 is 10.6 Å². The number of nitrogens with one attached hydrogen (secondary N) is 2. The molecule has 13 nitrogen and oxygen atoms in total. The molecule has 4 N–H and O–H groups in total. The number of likely N-dealkylation sites (tertiary alicyclic amines) is 1. The van der Waals surface area contributed by atoms with Gasteiger partial charge in [-0.15, -0.1) is 0 Å². The van der Waals surface area contributed by atoms with Crippen molar-refractivity contribution >= 4 is 23.6 Å².